The Kier molecular flexibility index (Phi) is 2.21. The Labute approximate surface area is 61.4 Å². The number of aromatic nitrogens is 1. The number of nitrogens with zero attached hydrogens (tertiary/aromatic N) is 1. The molecule has 0 unspecified atom stereocenters. The minimum atomic E-state index is 1.22. The second kappa shape index (κ2) is 3.16. The molecular weight excluding hydrogens is 122 g/mol. The fourth-order valence-electron chi connectivity index (χ4n) is 0.793. The molecule has 1 nitrogen and oxygen atoms in total. The lowest BCUT2D eigenvalue weighted by Crippen LogP contribution is -1.73. The van der Waals surface area contributed by atoms with E-state index in [9.17, 15) is 0 Å². The Morgan fingerprint density at radius 3 is 2.40 bits per heavy atom. The lowest BCUT2D eigenvalue weighted by atomic mass is 10.2. The maximum Gasteiger partial charge on any atom is 0.0273 e. The summed E-state index contributed by atoms with van der Waals surface area (Å²) < 4.78 is 0. The van der Waals surface area contributed by atoms with E-state index in [4.69, 9.17) is 0 Å². The Hall–Kier alpha value is -1.11. The fraction of sp³-hybridized carbons (Fsp3) is 0.222. The van der Waals surface area contributed by atoms with Crippen molar-refractivity contribution >= 4 is 6.08 Å². The van der Waals surface area contributed by atoms with Gasteiger partial charge in [-0.15, -0.1) is 0 Å². The standard InChI is InChI=1S/C9H11N/c1-8(2)7-9-3-5-10-6-4-9/h3-7H,1-2H3. The Bertz CT molecular complexity index is 220. The summed E-state index contributed by atoms with van der Waals surface area (Å²) in [5.74, 6) is 0. The van der Waals surface area contributed by atoms with E-state index in [1.54, 1.807) is 12.4 Å². The lowest BCUT2D eigenvalue weighted by molar-refractivity contribution is 1.32. The normalized spacial score (nSPS) is 9.00. The van der Waals surface area contributed by atoms with E-state index in [2.05, 4.69) is 24.9 Å². The minimum absolute atomic E-state index is 1.22. The molecule has 0 N–H and O–H groups in total. The molecule has 0 aliphatic heterocycles. The summed E-state index contributed by atoms with van der Waals surface area (Å²) in [6, 6.07) is 3.99. The number of allylic oxidation sites excluding steroid dienone is 1. The third-order valence-electron chi connectivity index (χ3n) is 1.16. The van der Waals surface area contributed by atoms with Crippen molar-refractivity contribution in [1.29, 1.82) is 0 Å². The molecule has 0 spiro atoms. The molecule has 52 valence electrons. The summed E-state index contributed by atoms with van der Waals surface area (Å²) in [5.41, 5.74) is 2.53. The highest BCUT2D eigenvalue weighted by Crippen LogP contribution is 2.02. The van der Waals surface area contributed by atoms with Crippen molar-refractivity contribution in [1.82, 2.24) is 4.98 Å². The van der Waals surface area contributed by atoms with Crippen LogP contribution in [0.2, 0.25) is 0 Å². The molecule has 0 aliphatic carbocycles. The molecule has 0 saturated heterocycles. The molecule has 0 saturated carbocycles. The highest BCUT2D eigenvalue weighted by Gasteiger charge is 1.82. The third kappa shape index (κ3) is 2.02. The van der Waals surface area contributed by atoms with Crippen molar-refractivity contribution in [2.75, 3.05) is 0 Å². The van der Waals surface area contributed by atoms with Crippen LogP contribution in [-0.2, 0) is 0 Å². The number of pyridine rings is 1. The van der Waals surface area contributed by atoms with Gasteiger partial charge in [0.2, 0.25) is 0 Å². The van der Waals surface area contributed by atoms with Crippen LogP contribution >= 0.6 is 0 Å². The first kappa shape index (κ1) is 7.00. The van der Waals surface area contributed by atoms with Gasteiger partial charge >= 0.3 is 0 Å². The zero-order chi connectivity index (χ0) is 7.40. The van der Waals surface area contributed by atoms with Gasteiger partial charge in [-0.05, 0) is 31.5 Å². The van der Waals surface area contributed by atoms with Gasteiger partial charge in [0.1, 0.15) is 0 Å². The Morgan fingerprint density at radius 1 is 1.30 bits per heavy atom. The van der Waals surface area contributed by atoms with E-state index in [1.165, 1.54) is 11.1 Å². The third-order valence-corrected chi connectivity index (χ3v) is 1.16. The number of rotatable bonds is 1. The SMILES string of the molecule is CC(C)=Cc1ccncc1. The van der Waals surface area contributed by atoms with Gasteiger partial charge in [0.05, 0.1) is 0 Å². The van der Waals surface area contributed by atoms with Crippen LogP contribution in [0, 0.1) is 0 Å². The molecule has 0 atom stereocenters. The summed E-state index contributed by atoms with van der Waals surface area (Å²) in [4.78, 5) is 3.92. The van der Waals surface area contributed by atoms with Crippen molar-refractivity contribution in [3.05, 3.63) is 35.7 Å². The molecule has 0 aliphatic rings. The summed E-state index contributed by atoms with van der Waals surface area (Å²) in [6.07, 6.45) is 5.73. The van der Waals surface area contributed by atoms with Crippen molar-refractivity contribution in [3.63, 3.8) is 0 Å². The predicted octanol–water partition coefficient (Wildman–Crippen LogP) is 2.50. The first-order chi connectivity index (χ1) is 4.79. The fourth-order valence-corrected chi connectivity index (χ4v) is 0.793. The van der Waals surface area contributed by atoms with E-state index in [0.717, 1.165) is 0 Å². The van der Waals surface area contributed by atoms with E-state index < -0.39 is 0 Å². The molecular formula is C9H11N. The van der Waals surface area contributed by atoms with E-state index >= 15 is 0 Å². The molecule has 10 heavy (non-hydrogen) atoms. The van der Waals surface area contributed by atoms with E-state index in [1.807, 2.05) is 12.1 Å². The topological polar surface area (TPSA) is 12.9 Å². The molecule has 1 heterocycles. The summed E-state index contributed by atoms with van der Waals surface area (Å²) >= 11 is 0. The van der Waals surface area contributed by atoms with Crippen LogP contribution in [0.3, 0.4) is 0 Å². The lowest BCUT2D eigenvalue weighted by Gasteiger charge is -1.91. The molecule has 0 bridgehead atoms. The van der Waals surface area contributed by atoms with E-state index in [0.29, 0.717) is 0 Å². The maximum absolute atomic E-state index is 3.92. The van der Waals surface area contributed by atoms with E-state index in [-0.39, 0.29) is 0 Å². The average Bonchev–Trinajstić information content (AvgIpc) is 1.88. The zero-order valence-electron chi connectivity index (χ0n) is 6.33. The first-order valence-corrected chi connectivity index (χ1v) is 3.34. The van der Waals surface area contributed by atoms with Crippen LogP contribution in [0.25, 0.3) is 6.08 Å². The molecule has 0 aromatic carbocycles. The highest BCUT2D eigenvalue weighted by atomic mass is 14.6. The van der Waals surface area contributed by atoms with Crippen molar-refractivity contribution in [2.45, 2.75) is 13.8 Å². The van der Waals surface area contributed by atoms with Crippen LogP contribution in [0.1, 0.15) is 19.4 Å². The smallest absolute Gasteiger partial charge is 0.0273 e. The van der Waals surface area contributed by atoms with Gasteiger partial charge in [-0.1, -0.05) is 11.6 Å². The number of hydrogen-bond donors (Lipinski definition) is 0. The summed E-state index contributed by atoms with van der Waals surface area (Å²) in [7, 11) is 0. The second-order valence-corrected chi connectivity index (χ2v) is 2.50. The van der Waals surface area contributed by atoms with Gasteiger partial charge in [0, 0.05) is 12.4 Å². The van der Waals surface area contributed by atoms with Gasteiger partial charge in [0.25, 0.3) is 0 Å². The quantitative estimate of drug-likeness (QED) is 0.573. The maximum atomic E-state index is 3.92. The summed E-state index contributed by atoms with van der Waals surface area (Å²) in [5, 5.41) is 0. The molecule has 1 aromatic rings. The largest absolute Gasteiger partial charge is 0.265 e. The first-order valence-electron chi connectivity index (χ1n) is 3.34. The molecule has 0 fully saturated rings. The van der Waals surface area contributed by atoms with Crippen LogP contribution in [0.15, 0.2) is 30.1 Å². The van der Waals surface area contributed by atoms with Gasteiger partial charge in [-0.2, -0.15) is 0 Å². The van der Waals surface area contributed by atoms with Crippen LogP contribution < -0.4 is 0 Å². The summed E-state index contributed by atoms with van der Waals surface area (Å²) in [6.45, 7) is 4.17. The average molecular weight is 133 g/mol. The van der Waals surface area contributed by atoms with Crippen molar-refractivity contribution in [2.24, 2.45) is 0 Å². The van der Waals surface area contributed by atoms with Crippen molar-refractivity contribution in [3.8, 4) is 0 Å². The van der Waals surface area contributed by atoms with Gasteiger partial charge < -0.3 is 0 Å². The van der Waals surface area contributed by atoms with Crippen LogP contribution in [0.5, 0.6) is 0 Å². The minimum Gasteiger partial charge on any atom is -0.265 e. The highest BCUT2D eigenvalue weighted by molar-refractivity contribution is 5.50. The predicted molar refractivity (Wildman–Crippen MR) is 43.6 cm³/mol. The van der Waals surface area contributed by atoms with Gasteiger partial charge in [-0.25, -0.2) is 0 Å². The van der Waals surface area contributed by atoms with Gasteiger partial charge in [-0.3, -0.25) is 4.98 Å². The zero-order valence-corrected chi connectivity index (χ0v) is 6.33. The molecule has 1 heteroatoms. The molecule has 0 amide bonds. The molecule has 1 rings (SSSR count). The Balaban J connectivity index is 2.87. The second-order valence-electron chi connectivity index (χ2n) is 2.50. The monoisotopic (exact) mass is 133 g/mol. The van der Waals surface area contributed by atoms with Gasteiger partial charge in [0.15, 0.2) is 0 Å². The van der Waals surface area contributed by atoms with Crippen molar-refractivity contribution < 1.29 is 0 Å². The van der Waals surface area contributed by atoms with Crippen LogP contribution in [-0.4, -0.2) is 4.98 Å². The molecule has 0 radical (unpaired) electrons. The number of hydrogen-bond acceptors (Lipinski definition) is 1. The Morgan fingerprint density at radius 2 is 1.90 bits per heavy atom. The van der Waals surface area contributed by atoms with Crippen LogP contribution in [0.4, 0.5) is 0 Å². The molecule has 1 aromatic heterocycles.